The maximum atomic E-state index is 11.6. The lowest BCUT2D eigenvalue weighted by atomic mass is 10.0. The molecule has 0 spiro atoms. The average molecular weight is 414 g/mol. The molecule has 0 bridgehead atoms. The van der Waals surface area contributed by atoms with Crippen LogP contribution in [0.15, 0.2) is 0 Å². The van der Waals surface area contributed by atoms with Crippen LogP contribution in [0, 0.1) is 0 Å². The van der Waals surface area contributed by atoms with Gasteiger partial charge in [-0.3, -0.25) is 4.79 Å². The van der Waals surface area contributed by atoms with Crippen LogP contribution in [0.5, 0.6) is 0 Å². The molecule has 0 aliphatic carbocycles. The van der Waals surface area contributed by atoms with Crippen LogP contribution in [-0.4, -0.2) is 37.4 Å². The molecule has 0 heterocycles. The largest absolute Gasteiger partial charge is 0.394 e. The number of hydrogen-bond acceptors (Lipinski definition) is 3. The number of aliphatic hydroxyl groups excluding tert-OH is 1. The van der Waals surface area contributed by atoms with Gasteiger partial charge in [0, 0.05) is 13.0 Å². The van der Waals surface area contributed by atoms with Crippen molar-refractivity contribution in [2.24, 2.45) is 0 Å². The first kappa shape index (κ1) is 28.4. The molecule has 4 nitrogen and oxygen atoms in total. The Labute approximate surface area is 181 Å². The Balaban J connectivity index is 3.08. The van der Waals surface area contributed by atoms with E-state index in [1.165, 1.54) is 103 Å². The van der Waals surface area contributed by atoms with E-state index in [0.717, 1.165) is 12.8 Å². The third-order valence-corrected chi connectivity index (χ3v) is 5.56. The summed E-state index contributed by atoms with van der Waals surface area (Å²) in [6, 6.07) is 0. The first-order chi connectivity index (χ1) is 14.3. The van der Waals surface area contributed by atoms with E-state index in [1.807, 2.05) is 0 Å². The van der Waals surface area contributed by atoms with Crippen LogP contribution in [0.1, 0.15) is 129 Å². The average Bonchev–Trinajstić information content (AvgIpc) is 2.72. The number of hydrogen-bond donors (Lipinski definition) is 2. The van der Waals surface area contributed by atoms with Crippen LogP contribution >= 0.6 is 0 Å². The van der Waals surface area contributed by atoms with E-state index in [0.29, 0.717) is 26.2 Å². The molecule has 1 amide bonds. The number of amides is 1. The zero-order valence-corrected chi connectivity index (χ0v) is 19.5. The molecule has 0 aromatic heterocycles. The van der Waals surface area contributed by atoms with Crippen molar-refractivity contribution in [2.45, 2.75) is 129 Å². The van der Waals surface area contributed by atoms with Gasteiger partial charge >= 0.3 is 0 Å². The van der Waals surface area contributed by atoms with Crippen molar-refractivity contribution in [3.05, 3.63) is 0 Å². The molecule has 0 rings (SSSR count). The molecule has 0 aliphatic heterocycles. The van der Waals surface area contributed by atoms with Gasteiger partial charge in [-0.05, 0) is 6.42 Å². The van der Waals surface area contributed by atoms with Crippen LogP contribution < -0.4 is 5.32 Å². The van der Waals surface area contributed by atoms with Gasteiger partial charge < -0.3 is 15.2 Å². The summed E-state index contributed by atoms with van der Waals surface area (Å²) in [6.07, 6.45) is 25.2. The van der Waals surface area contributed by atoms with Gasteiger partial charge in [-0.2, -0.15) is 0 Å². The van der Waals surface area contributed by atoms with Crippen molar-refractivity contribution in [3.8, 4) is 0 Å². The Morgan fingerprint density at radius 2 is 1.07 bits per heavy atom. The van der Waals surface area contributed by atoms with Gasteiger partial charge in [0.25, 0.3) is 0 Å². The van der Waals surface area contributed by atoms with Gasteiger partial charge in [0.05, 0.1) is 19.8 Å². The summed E-state index contributed by atoms with van der Waals surface area (Å²) in [5.74, 6) is 0.120. The standard InChI is InChI=1S/C25H51NO3/c1-2-3-4-5-6-7-8-9-10-11-12-13-14-15-16-17-18-19-20-25(28)26-21-23-29-24-22-27/h27H,2-24H2,1H3,(H,26,28). The van der Waals surface area contributed by atoms with Crippen molar-refractivity contribution >= 4 is 5.91 Å². The number of rotatable bonds is 24. The number of nitrogens with one attached hydrogen (secondary N) is 1. The molecule has 0 fully saturated rings. The highest BCUT2D eigenvalue weighted by atomic mass is 16.5. The van der Waals surface area contributed by atoms with Gasteiger partial charge in [0.15, 0.2) is 0 Å². The van der Waals surface area contributed by atoms with Gasteiger partial charge in [-0.15, -0.1) is 0 Å². The summed E-state index contributed by atoms with van der Waals surface area (Å²) < 4.78 is 5.11. The van der Waals surface area contributed by atoms with Crippen LogP contribution in [0.2, 0.25) is 0 Å². The minimum Gasteiger partial charge on any atom is -0.394 e. The van der Waals surface area contributed by atoms with Crippen LogP contribution in [0.25, 0.3) is 0 Å². The monoisotopic (exact) mass is 413 g/mol. The second kappa shape index (κ2) is 25.4. The fourth-order valence-electron chi connectivity index (χ4n) is 3.70. The van der Waals surface area contributed by atoms with Crippen LogP contribution in [-0.2, 0) is 9.53 Å². The van der Waals surface area contributed by atoms with Crippen LogP contribution in [0.4, 0.5) is 0 Å². The summed E-state index contributed by atoms with van der Waals surface area (Å²) in [6.45, 7) is 3.68. The lowest BCUT2D eigenvalue weighted by Gasteiger charge is -2.06. The summed E-state index contributed by atoms with van der Waals surface area (Å²) >= 11 is 0. The van der Waals surface area contributed by atoms with Crippen LogP contribution in [0.3, 0.4) is 0 Å². The molecule has 0 aromatic rings. The summed E-state index contributed by atoms with van der Waals surface area (Å²) in [5.41, 5.74) is 0. The van der Waals surface area contributed by atoms with Crippen molar-refractivity contribution in [3.63, 3.8) is 0 Å². The molecule has 29 heavy (non-hydrogen) atoms. The summed E-state index contributed by atoms with van der Waals surface area (Å²) in [4.78, 5) is 11.6. The van der Waals surface area contributed by atoms with Crippen molar-refractivity contribution in [1.82, 2.24) is 5.32 Å². The molecule has 0 aromatic carbocycles. The Kier molecular flexibility index (Phi) is 24.9. The highest BCUT2D eigenvalue weighted by Crippen LogP contribution is 2.14. The molecule has 0 saturated carbocycles. The predicted molar refractivity (Wildman–Crippen MR) is 124 cm³/mol. The second-order valence-electron chi connectivity index (χ2n) is 8.45. The molecule has 2 N–H and O–H groups in total. The molecule has 0 radical (unpaired) electrons. The third kappa shape index (κ3) is 25.4. The molecular weight excluding hydrogens is 362 g/mol. The van der Waals surface area contributed by atoms with Gasteiger partial charge in [0.1, 0.15) is 0 Å². The maximum absolute atomic E-state index is 11.6. The zero-order valence-electron chi connectivity index (χ0n) is 19.5. The first-order valence-electron chi connectivity index (χ1n) is 12.8. The lowest BCUT2D eigenvalue weighted by molar-refractivity contribution is -0.121. The molecule has 0 atom stereocenters. The Bertz CT molecular complexity index is 323. The Morgan fingerprint density at radius 1 is 0.655 bits per heavy atom. The van der Waals surface area contributed by atoms with Gasteiger partial charge in [0.2, 0.25) is 5.91 Å². The Hall–Kier alpha value is -0.610. The van der Waals surface area contributed by atoms with E-state index >= 15 is 0 Å². The van der Waals surface area contributed by atoms with E-state index < -0.39 is 0 Å². The molecule has 174 valence electrons. The van der Waals surface area contributed by atoms with Crippen molar-refractivity contribution < 1.29 is 14.6 Å². The number of unbranched alkanes of at least 4 members (excludes halogenated alkanes) is 17. The number of carbonyl (C=O) groups is 1. The number of ether oxygens (including phenoxy) is 1. The third-order valence-electron chi connectivity index (χ3n) is 5.56. The number of carbonyl (C=O) groups excluding carboxylic acids is 1. The van der Waals surface area contributed by atoms with E-state index in [-0.39, 0.29) is 12.5 Å². The molecule has 0 saturated heterocycles. The van der Waals surface area contributed by atoms with Crippen molar-refractivity contribution in [2.75, 3.05) is 26.4 Å². The van der Waals surface area contributed by atoms with Gasteiger partial charge in [-0.1, -0.05) is 116 Å². The number of aliphatic hydroxyl groups is 1. The van der Waals surface area contributed by atoms with Crippen molar-refractivity contribution in [1.29, 1.82) is 0 Å². The fourth-order valence-corrected chi connectivity index (χ4v) is 3.70. The van der Waals surface area contributed by atoms with E-state index in [1.54, 1.807) is 0 Å². The summed E-state index contributed by atoms with van der Waals surface area (Å²) in [7, 11) is 0. The molecule has 0 unspecified atom stereocenters. The minimum absolute atomic E-state index is 0.0350. The highest BCUT2D eigenvalue weighted by Gasteiger charge is 2.00. The van der Waals surface area contributed by atoms with E-state index in [4.69, 9.17) is 9.84 Å². The predicted octanol–water partition coefficient (Wildman–Crippen LogP) is 6.54. The smallest absolute Gasteiger partial charge is 0.220 e. The zero-order chi connectivity index (χ0) is 21.3. The quantitative estimate of drug-likeness (QED) is 0.177. The molecule has 4 heteroatoms. The summed E-state index contributed by atoms with van der Waals surface area (Å²) in [5, 5.41) is 11.4. The highest BCUT2D eigenvalue weighted by molar-refractivity contribution is 5.75. The maximum Gasteiger partial charge on any atom is 0.220 e. The van der Waals surface area contributed by atoms with E-state index in [2.05, 4.69) is 12.2 Å². The topological polar surface area (TPSA) is 58.6 Å². The molecular formula is C25H51NO3. The normalized spacial score (nSPS) is 11.1. The van der Waals surface area contributed by atoms with E-state index in [9.17, 15) is 4.79 Å². The Morgan fingerprint density at radius 3 is 1.48 bits per heavy atom. The SMILES string of the molecule is CCCCCCCCCCCCCCCCCCCCC(=O)NCCOCCO. The minimum atomic E-state index is 0.0350. The first-order valence-corrected chi connectivity index (χ1v) is 12.8. The second-order valence-corrected chi connectivity index (χ2v) is 8.45. The lowest BCUT2D eigenvalue weighted by Crippen LogP contribution is -2.27. The fraction of sp³-hybridized carbons (Fsp3) is 0.960. The molecule has 0 aliphatic rings. The van der Waals surface area contributed by atoms with Gasteiger partial charge in [-0.25, -0.2) is 0 Å².